The van der Waals surface area contributed by atoms with Crippen LogP contribution in [0.3, 0.4) is 0 Å². The zero-order valence-corrected chi connectivity index (χ0v) is 21.1. The molecule has 0 unspecified atom stereocenters. The first-order chi connectivity index (χ1) is 17.3. The molecule has 1 saturated carbocycles. The molecule has 2 N–H and O–H groups in total. The molecule has 36 heavy (non-hydrogen) atoms. The molecule has 5 nitrogen and oxygen atoms in total. The average molecular weight is 483 g/mol. The number of pyridine rings is 1. The largest absolute Gasteiger partial charge is 0.390 e. The lowest BCUT2D eigenvalue weighted by Crippen LogP contribution is -2.48. The highest BCUT2D eigenvalue weighted by molar-refractivity contribution is 6.07. The van der Waals surface area contributed by atoms with Gasteiger partial charge in [-0.25, -0.2) is 0 Å². The van der Waals surface area contributed by atoms with Gasteiger partial charge in [-0.05, 0) is 86.8 Å². The number of aryl methyl sites for hydroxylation is 1. The van der Waals surface area contributed by atoms with Gasteiger partial charge < -0.3 is 10.4 Å². The molecule has 0 radical (unpaired) electrons. The molecule has 186 valence electrons. The van der Waals surface area contributed by atoms with Crippen molar-refractivity contribution in [3.8, 4) is 0 Å². The number of hydrogen-bond donors (Lipinski definition) is 2. The number of nitrogens with zero attached hydrogens (tertiary/aromatic N) is 1. The van der Waals surface area contributed by atoms with E-state index < -0.39 is 5.60 Å². The fourth-order valence-electron chi connectivity index (χ4n) is 6.36. The predicted octanol–water partition coefficient (Wildman–Crippen LogP) is 6.04. The molecule has 2 aromatic carbocycles. The lowest BCUT2D eigenvalue weighted by atomic mass is 9.55. The molecule has 5 heteroatoms. The van der Waals surface area contributed by atoms with Crippen LogP contribution in [0, 0.1) is 12.8 Å². The Kier molecular flexibility index (Phi) is 6.52. The Balaban J connectivity index is 1.57. The zero-order chi connectivity index (χ0) is 25.3. The van der Waals surface area contributed by atoms with Crippen molar-refractivity contribution in [2.45, 2.75) is 69.8 Å². The summed E-state index contributed by atoms with van der Waals surface area (Å²) in [4.78, 5) is 30.8. The lowest BCUT2D eigenvalue weighted by Gasteiger charge is -2.50. The van der Waals surface area contributed by atoms with Crippen LogP contribution in [0.2, 0.25) is 0 Å². The maximum absolute atomic E-state index is 13.5. The van der Waals surface area contributed by atoms with E-state index in [2.05, 4.69) is 41.5 Å². The Bertz CT molecular complexity index is 1290. The van der Waals surface area contributed by atoms with E-state index in [4.69, 9.17) is 0 Å². The fraction of sp³-hybridized carbons (Fsp3) is 0.387. The van der Waals surface area contributed by atoms with Gasteiger partial charge in [-0.3, -0.25) is 14.6 Å². The number of Topliss-reactive ketones (excluding diaryl/α,β-unsaturated/α-hetero) is 1. The number of hydrogen-bond acceptors (Lipinski definition) is 4. The van der Waals surface area contributed by atoms with Gasteiger partial charge in [-0.2, -0.15) is 0 Å². The van der Waals surface area contributed by atoms with E-state index in [9.17, 15) is 14.7 Å². The monoisotopic (exact) mass is 482 g/mol. The highest BCUT2D eigenvalue weighted by Gasteiger charge is 2.51. The van der Waals surface area contributed by atoms with Crippen LogP contribution in [0.1, 0.15) is 83.0 Å². The van der Waals surface area contributed by atoms with Crippen molar-refractivity contribution >= 4 is 17.4 Å². The molecular weight excluding hydrogens is 448 g/mol. The van der Waals surface area contributed by atoms with E-state index in [1.807, 2.05) is 31.2 Å². The topological polar surface area (TPSA) is 79.3 Å². The van der Waals surface area contributed by atoms with Gasteiger partial charge >= 0.3 is 0 Å². The summed E-state index contributed by atoms with van der Waals surface area (Å²) in [7, 11) is 0. The number of aromatic nitrogens is 1. The van der Waals surface area contributed by atoms with Crippen molar-refractivity contribution in [2.24, 2.45) is 5.92 Å². The van der Waals surface area contributed by atoms with Gasteiger partial charge in [0.25, 0.3) is 5.91 Å². The summed E-state index contributed by atoms with van der Waals surface area (Å²) < 4.78 is 0. The second-order valence-electron chi connectivity index (χ2n) is 10.6. The predicted molar refractivity (Wildman–Crippen MR) is 141 cm³/mol. The summed E-state index contributed by atoms with van der Waals surface area (Å²) in [6.07, 6.45) is 6.64. The number of carbonyl (C=O) groups is 2. The number of benzene rings is 2. The van der Waals surface area contributed by atoms with Crippen molar-refractivity contribution in [1.82, 2.24) is 4.98 Å². The molecule has 0 aliphatic heterocycles. The van der Waals surface area contributed by atoms with Crippen LogP contribution < -0.4 is 5.32 Å². The van der Waals surface area contributed by atoms with Crippen molar-refractivity contribution < 1.29 is 14.7 Å². The Hall–Kier alpha value is -3.31. The SMILES string of the molecule is CC[C@@]1(O)CC[C@@]2(Cc3ccccc3)c3ccc(C(=O)Nc4cccnc4C)cc3C(=O)CC[C@H]2C1. The molecular formula is C31H34N2O3. The highest BCUT2D eigenvalue weighted by Crippen LogP contribution is 2.54. The number of rotatable bonds is 5. The molecule has 0 spiro atoms. The lowest BCUT2D eigenvalue weighted by molar-refractivity contribution is -0.0496. The summed E-state index contributed by atoms with van der Waals surface area (Å²) in [6.45, 7) is 3.90. The molecule has 5 rings (SSSR count). The standard InChI is InChI=1S/C31H34N2O3/c1-3-30(36)15-16-31(19-22-8-5-4-6-9-22)24(20-30)12-14-28(34)25-18-23(11-13-26(25)31)29(35)33-27-10-7-17-32-21(27)2/h4-11,13,17-18,24,36H,3,12,14-16,19-20H2,1-2H3,(H,33,35)/t24-,30+,31-/m0/s1. The molecule has 0 bridgehead atoms. The molecule has 1 heterocycles. The van der Waals surface area contributed by atoms with Crippen LogP contribution in [0.4, 0.5) is 5.69 Å². The fourth-order valence-corrected chi connectivity index (χ4v) is 6.36. The van der Waals surface area contributed by atoms with Gasteiger partial charge in [0.1, 0.15) is 0 Å². The third-order valence-corrected chi connectivity index (χ3v) is 8.56. The molecule has 3 atom stereocenters. The van der Waals surface area contributed by atoms with Crippen molar-refractivity contribution in [3.05, 3.63) is 94.8 Å². The van der Waals surface area contributed by atoms with Gasteiger partial charge in [-0.1, -0.05) is 43.3 Å². The molecule has 2 aliphatic carbocycles. The number of fused-ring (bicyclic) bond motifs is 3. The van der Waals surface area contributed by atoms with Crippen LogP contribution in [0.15, 0.2) is 66.9 Å². The minimum absolute atomic E-state index is 0.0825. The summed E-state index contributed by atoms with van der Waals surface area (Å²) in [5, 5.41) is 14.2. The first-order valence-corrected chi connectivity index (χ1v) is 13.0. The quantitative estimate of drug-likeness (QED) is 0.465. The number of aliphatic hydroxyl groups is 1. The van der Waals surface area contributed by atoms with Gasteiger partial charge in [0.2, 0.25) is 0 Å². The van der Waals surface area contributed by atoms with E-state index in [0.717, 1.165) is 36.9 Å². The minimum Gasteiger partial charge on any atom is -0.390 e. The summed E-state index contributed by atoms with van der Waals surface area (Å²) in [5.74, 6) is 0.0296. The van der Waals surface area contributed by atoms with Crippen molar-refractivity contribution in [2.75, 3.05) is 5.32 Å². The van der Waals surface area contributed by atoms with Gasteiger partial charge in [0.05, 0.1) is 17.0 Å². The number of nitrogens with one attached hydrogen (secondary N) is 1. The Morgan fingerprint density at radius 3 is 2.67 bits per heavy atom. The van der Waals surface area contributed by atoms with E-state index in [1.54, 1.807) is 18.3 Å². The van der Waals surface area contributed by atoms with Crippen LogP contribution >= 0.6 is 0 Å². The van der Waals surface area contributed by atoms with Crippen molar-refractivity contribution in [3.63, 3.8) is 0 Å². The summed E-state index contributed by atoms with van der Waals surface area (Å²) in [5.41, 5.74) is 3.87. The minimum atomic E-state index is -0.681. The van der Waals surface area contributed by atoms with Crippen LogP contribution in [-0.4, -0.2) is 27.4 Å². The third-order valence-electron chi connectivity index (χ3n) is 8.56. The first kappa shape index (κ1) is 24.4. The van der Waals surface area contributed by atoms with E-state index in [1.165, 1.54) is 5.56 Å². The molecule has 1 amide bonds. The van der Waals surface area contributed by atoms with Gasteiger partial charge in [0.15, 0.2) is 5.78 Å². The highest BCUT2D eigenvalue weighted by atomic mass is 16.3. The number of anilines is 1. The second-order valence-corrected chi connectivity index (χ2v) is 10.6. The maximum Gasteiger partial charge on any atom is 0.255 e. The third kappa shape index (κ3) is 4.48. The van der Waals surface area contributed by atoms with Crippen LogP contribution in [0.25, 0.3) is 0 Å². The Labute approximate surface area is 213 Å². The molecule has 3 aromatic rings. The van der Waals surface area contributed by atoms with E-state index in [0.29, 0.717) is 36.1 Å². The molecule has 1 fully saturated rings. The molecule has 1 aromatic heterocycles. The number of amides is 1. The molecule has 0 saturated heterocycles. The normalized spacial score (nSPS) is 25.4. The van der Waals surface area contributed by atoms with Crippen molar-refractivity contribution in [1.29, 1.82) is 0 Å². The van der Waals surface area contributed by atoms with Crippen LogP contribution in [0.5, 0.6) is 0 Å². The second kappa shape index (κ2) is 9.62. The average Bonchev–Trinajstić information content (AvgIpc) is 3.00. The van der Waals surface area contributed by atoms with Crippen LogP contribution in [-0.2, 0) is 11.8 Å². The maximum atomic E-state index is 13.5. The Morgan fingerprint density at radius 2 is 1.92 bits per heavy atom. The summed E-state index contributed by atoms with van der Waals surface area (Å²) in [6, 6.07) is 19.7. The first-order valence-electron chi connectivity index (χ1n) is 13.0. The van der Waals surface area contributed by atoms with Gasteiger partial charge in [-0.15, -0.1) is 0 Å². The Morgan fingerprint density at radius 1 is 1.11 bits per heavy atom. The number of carbonyl (C=O) groups excluding carboxylic acids is 2. The zero-order valence-electron chi connectivity index (χ0n) is 21.1. The summed E-state index contributed by atoms with van der Waals surface area (Å²) >= 11 is 0. The van der Waals surface area contributed by atoms with Gasteiger partial charge in [0, 0.05) is 29.2 Å². The molecule has 2 aliphatic rings. The number of ketones is 1. The smallest absolute Gasteiger partial charge is 0.255 e. The van der Waals surface area contributed by atoms with E-state index in [-0.39, 0.29) is 23.0 Å². The van der Waals surface area contributed by atoms with E-state index >= 15 is 0 Å².